The van der Waals surface area contributed by atoms with Crippen LogP contribution < -0.4 is 11.5 Å². The summed E-state index contributed by atoms with van der Waals surface area (Å²) in [5.41, 5.74) is 12.3. The number of carbonyl (C=O) groups is 1. The molecule has 110 valence electrons. The molecule has 0 radical (unpaired) electrons. The number of para-hydroxylation sites is 1. The quantitative estimate of drug-likeness (QED) is 0.886. The van der Waals surface area contributed by atoms with Gasteiger partial charge in [-0.1, -0.05) is 44.0 Å². The van der Waals surface area contributed by atoms with Gasteiger partial charge in [0.05, 0.1) is 5.52 Å². The summed E-state index contributed by atoms with van der Waals surface area (Å²) in [7, 11) is 0. The lowest BCUT2D eigenvalue weighted by molar-refractivity contribution is -0.127. The fraction of sp³-hybridized carbons (Fsp3) is 0.412. The molecule has 4 heteroatoms. The van der Waals surface area contributed by atoms with Gasteiger partial charge in [0.25, 0.3) is 0 Å². The van der Waals surface area contributed by atoms with Crippen LogP contribution in [0, 0.1) is 0 Å². The Labute approximate surface area is 124 Å². The van der Waals surface area contributed by atoms with E-state index in [0.717, 1.165) is 35.9 Å². The van der Waals surface area contributed by atoms with E-state index in [-0.39, 0.29) is 0 Å². The van der Waals surface area contributed by atoms with Crippen molar-refractivity contribution in [1.29, 1.82) is 0 Å². The van der Waals surface area contributed by atoms with Crippen molar-refractivity contribution in [2.45, 2.75) is 43.6 Å². The fourth-order valence-corrected chi connectivity index (χ4v) is 3.51. The van der Waals surface area contributed by atoms with Crippen molar-refractivity contribution >= 4 is 16.8 Å². The summed E-state index contributed by atoms with van der Waals surface area (Å²) >= 11 is 0. The minimum absolute atomic E-state index is 0.431. The number of carbonyl (C=O) groups excluding carboxylic acids is 1. The second kappa shape index (κ2) is 4.81. The Balaban J connectivity index is 2.15. The highest BCUT2D eigenvalue weighted by molar-refractivity contribution is 5.87. The molecule has 1 fully saturated rings. The number of fused-ring (bicyclic) bond motifs is 1. The summed E-state index contributed by atoms with van der Waals surface area (Å²) in [6, 6.07) is 12.0. The zero-order valence-electron chi connectivity index (χ0n) is 12.3. The van der Waals surface area contributed by atoms with Gasteiger partial charge >= 0.3 is 0 Å². The lowest BCUT2D eigenvalue weighted by Gasteiger charge is -2.47. The molecular weight excluding hydrogens is 262 g/mol. The van der Waals surface area contributed by atoms with E-state index in [9.17, 15) is 4.79 Å². The van der Waals surface area contributed by atoms with Crippen molar-refractivity contribution < 1.29 is 4.79 Å². The average molecular weight is 283 g/mol. The number of nitrogens with zero attached hydrogens (tertiary/aromatic N) is 1. The van der Waals surface area contributed by atoms with Gasteiger partial charge in [-0.05, 0) is 25.0 Å². The Morgan fingerprint density at radius 2 is 1.86 bits per heavy atom. The Kier molecular flexibility index (Phi) is 3.21. The van der Waals surface area contributed by atoms with Crippen LogP contribution in [0.25, 0.3) is 10.9 Å². The van der Waals surface area contributed by atoms with E-state index in [1.54, 1.807) is 0 Å². The first kappa shape index (κ1) is 14.0. The molecule has 1 aromatic heterocycles. The third-order valence-electron chi connectivity index (χ3n) is 5.09. The highest BCUT2D eigenvalue weighted by Crippen LogP contribution is 2.44. The van der Waals surface area contributed by atoms with Gasteiger partial charge in [0.15, 0.2) is 0 Å². The average Bonchev–Trinajstić information content (AvgIpc) is 2.49. The predicted molar refractivity (Wildman–Crippen MR) is 83.7 cm³/mol. The van der Waals surface area contributed by atoms with Gasteiger partial charge in [-0.15, -0.1) is 0 Å². The van der Waals surface area contributed by atoms with Gasteiger partial charge in [-0.25, -0.2) is 0 Å². The van der Waals surface area contributed by atoms with Crippen LogP contribution in [-0.2, 0) is 10.2 Å². The highest BCUT2D eigenvalue weighted by atomic mass is 16.1. The Bertz CT molecular complexity index is 699. The summed E-state index contributed by atoms with van der Waals surface area (Å²) in [5.74, 6) is -0.431. The molecule has 2 aromatic rings. The highest BCUT2D eigenvalue weighted by Gasteiger charge is 2.53. The molecule has 0 spiro atoms. The smallest absolute Gasteiger partial charge is 0.238 e. The molecule has 21 heavy (non-hydrogen) atoms. The molecule has 1 amide bonds. The van der Waals surface area contributed by atoms with Crippen molar-refractivity contribution in [2.24, 2.45) is 11.5 Å². The third kappa shape index (κ3) is 2.02. The summed E-state index contributed by atoms with van der Waals surface area (Å²) in [5, 5.41) is 1.09. The van der Waals surface area contributed by atoms with Crippen molar-refractivity contribution in [3.8, 4) is 0 Å². The fourth-order valence-electron chi connectivity index (χ4n) is 3.51. The molecule has 3 rings (SSSR count). The maximum absolute atomic E-state index is 12.0. The Morgan fingerprint density at radius 1 is 1.14 bits per heavy atom. The molecule has 1 aliphatic rings. The van der Waals surface area contributed by atoms with Crippen LogP contribution in [0.5, 0.6) is 0 Å². The largest absolute Gasteiger partial charge is 0.368 e. The molecule has 1 aliphatic carbocycles. The molecule has 4 N–H and O–H groups in total. The van der Waals surface area contributed by atoms with Crippen LogP contribution in [0.4, 0.5) is 0 Å². The zero-order valence-corrected chi connectivity index (χ0v) is 12.3. The molecular formula is C17H21N3O. The second-order valence-corrected chi connectivity index (χ2v) is 6.26. The summed E-state index contributed by atoms with van der Waals surface area (Å²) in [6.45, 7) is 2.02. The van der Waals surface area contributed by atoms with Gasteiger partial charge < -0.3 is 11.5 Å². The third-order valence-corrected chi connectivity index (χ3v) is 5.09. The SMILES string of the molecule is CC1(c2ccc3ccccc3n2)CCCCC1(N)C(N)=O. The first-order chi connectivity index (χ1) is 9.97. The number of rotatable bonds is 2. The summed E-state index contributed by atoms with van der Waals surface area (Å²) < 4.78 is 0. The van der Waals surface area contributed by atoms with Crippen LogP contribution in [0.15, 0.2) is 36.4 Å². The maximum Gasteiger partial charge on any atom is 0.238 e. The number of pyridine rings is 1. The van der Waals surface area contributed by atoms with Crippen molar-refractivity contribution in [1.82, 2.24) is 4.98 Å². The van der Waals surface area contributed by atoms with Crippen LogP contribution in [0.2, 0.25) is 0 Å². The van der Waals surface area contributed by atoms with Gasteiger partial charge in [-0.3, -0.25) is 9.78 Å². The minimum Gasteiger partial charge on any atom is -0.368 e. The molecule has 0 aliphatic heterocycles. The molecule has 0 saturated heterocycles. The molecule has 1 saturated carbocycles. The van der Waals surface area contributed by atoms with Crippen molar-refractivity contribution in [2.75, 3.05) is 0 Å². The molecule has 1 heterocycles. The van der Waals surface area contributed by atoms with Crippen LogP contribution in [0.3, 0.4) is 0 Å². The van der Waals surface area contributed by atoms with Crippen molar-refractivity contribution in [3.05, 3.63) is 42.1 Å². The lowest BCUT2D eigenvalue weighted by atomic mass is 9.60. The van der Waals surface area contributed by atoms with Gasteiger partial charge in [0.1, 0.15) is 5.54 Å². The van der Waals surface area contributed by atoms with E-state index < -0.39 is 16.9 Å². The lowest BCUT2D eigenvalue weighted by Crippen LogP contribution is -2.66. The maximum atomic E-state index is 12.0. The van der Waals surface area contributed by atoms with E-state index >= 15 is 0 Å². The molecule has 0 bridgehead atoms. The van der Waals surface area contributed by atoms with Gasteiger partial charge in [0, 0.05) is 16.5 Å². The Hall–Kier alpha value is -1.94. The number of amides is 1. The first-order valence-corrected chi connectivity index (χ1v) is 7.42. The molecule has 4 nitrogen and oxygen atoms in total. The molecule has 2 unspecified atom stereocenters. The predicted octanol–water partition coefficient (Wildman–Crippen LogP) is 2.25. The zero-order chi connectivity index (χ0) is 15.1. The van der Waals surface area contributed by atoms with E-state index in [0.29, 0.717) is 6.42 Å². The van der Waals surface area contributed by atoms with Gasteiger partial charge in [0.2, 0.25) is 5.91 Å². The van der Waals surface area contributed by atoms with E-state index in [4.69, 9.17) is 16.5 Å². The first-order valence-electron chi connectivity index (χ1n) is 7.42. The van der Waals surface area contributed by atoms with E-state index in [2.05, 4.69) is 0 Å². The summed E-state index contributed by atoms with van der Waals surface area (Å²) in [4.78, 5) is 16.8. The molecule has 1 aromatic carbocycles. The van der Waals surface area contributed by atoms with E-state index in [1.807, 2.05) is 43.3 Å². The van der Waals surface area contributed by atoms with Crippen molar-refractivity contribution in [3.63, 3.8) is 0 Å². The number of primary amides is 1. The number of hydrogen-bond donors (Lipinski definition) is 2. The van der Waals surface area contributed by atoms with Crippen LogP contribution in [0.1, 0.15) is 38.3 Å². The van der Waals surface area contributed by atoms with E-state index in [1.165, 1.54) is 0 Å². The number of hydrogen-bond acceptors (Lipinski definition) is 3. The van der Waals surface area contributed by atoms with Crippen LogP contribution >= 0.6 is 0 Å². The molecule has 2 atom stereocenters. The van der Waals surface area contributed by atoms with Crippen LogP contribution in [-0.4, -0.2) is 16.4 Å². The number of aromatic nitrogens is 1. The number of benzene rings is 1. The monoisotopic (exact) mass is 283 g/mol. The minimum atomic E-state index is -1.03. The summed E-state index contributed by atoms with van der Waals surface area (Å²) in [6.07, 6.45) is 3.42. The van der Waals surface area contributed by atoms with Gasteiger partial charge in [-0.2, -0.15) is 0 Å². The second-order valence-electron chi connectivity index (χ2n) is 6.26. The normalized spacial score (nSPS) is 29.4. The topological polar surface area (TPSA) is 82.0 Å². The number of nitrogens with two attached hydrogens (primary N) is 2. The standard InChI is InChI=1S/C17H21N3O/c1-16(10-4-5-11-17(16,19)15(18)21)14-9-8-12-6-2-3-7-13(12)20-14/h2-3,6-9H,4-5,10-11,19H2,1H3,(H2,18,21). The Morgan fingerprint density at radius 3 is 2.62 bits per heavy atom.